The highest BCUT2D eigenvalue weighted by Gasteiger charge is 2.32. The normalized spacial score (nSPS) is 19.6. The van der Waals surface area contributed by atoms with Crippen molar-refractivity contribution in [2.24, 2.45) is 0 Å². The van der Waals surface area contributed by atoms with E-state index in [1.807, 2.05) is 12.1 Å². The zero-order chi connectivity index (χ0) is 25.8. The summed E-state index contributed by atoms with van der Waals surface area (Å²) in [5.74, 6) is 0.533. The third-order valence-electron chi connectivity index (χ3n) is 7.33. The number of likely N-dealkylation sites (tertiary alicyclic amines) is 1. The first-order chi connectivity index (χ1) is 18.0. The van der Waals surface area contributed by atoms with Crippen LogP contribution in [0.15, 0.2) is 61.1 Å². The Hall–Kier alpha value is -2.71. The molecule has 0 saturated carbocycles. The molecule has 2 aliphatic heterocycles. The number of piperazine rings is 1. The van der Waals surface area contributed by atoms with Crippen LogP contribution in [-0.2, 0) is 6.54 Å². The molecule has 2 fully saturated rings. The van der Waals surface area contributed by atoms with E-state index in [-0.39, 0.29) is 5.91 Å². The van der Waals surface area contributed by atoms with Gasteiger partial charge in [0.2, 0.25) is 0 Å². The second-order valence-corrected chi connectivity index (χ2v) is 10.7. The number of hydrogen-bond donors (Lipinski definition) is 1. The van der Waals surface area contributed by atoms with Gasteiger partial charge in [0.15, 0.2) is 0 Å². The summed E-state index contributed by atoms with van der Waals surface area (Å²) >= 11 is 12.6. The number of carbonyl (C=O) groups excluding carboxylic acids is 1. The van der Waals surface area contributed by atoms with Crippen LogP contribution in [0.3, 0.4) is 0 Å². The fourth-order valence-corrected chi connectivity index (χ4v) is 5.81. The van der Waals surface area contributed by atoms with Gasteiger partial charge in [0.25, 0.3) is 5.91 Å². The van der Waals surface area contributed by atoms with Crippen LogP contribution in [0, 0.1) is 0 Å². The second-order valence-electron chi connectivity index (χ2n) is 9.89. The Kier molecular flexibility index (Phi) is 8.25. The van der Waals surface area contributed by atoms with E-state index in [0.29, 0.717) is 28.4 Å². The summed E-state index contributed by atoms with van der Waals surface area (Å²) in [6.07, 6.45) is 7.20. The lowest BCUT2D eigenvalue weighted by Crippen LogP contribution is -2.57. The maximum absolute atomic E-state index is 12.4. The molecule has 1 amide bonds. The molecule has 194 valence electrons. The zero-order valence-corrected chi connectivity index (χ0v) is 22.5. The molecule has 0 aliphatic carbocycles. The summed E-state index contributed by atoms with van der Waals surface area (Å²) < 4.78 is 0. The molecule has 9 heteroatoms. The number of rotatable bonds is 6. The zero-order valence-electron chi connectivity index (χ0n) is 21.0. The van der Waals surface area contributed by atoms with Gasteiger partial charge in [-0.3, -0.25) is 19.6 Å². The first kappa shape index (κ1) is 25.9. The maximum Gasteiger partial charge on any atom is 0.257 e. The number of anilines is 2. The monoisotopic (exact) mass is 538 g/mol. The third-order valence-corrected chi connectivity index (χ3v) is 7.86. The van der Waals surface area contributed by atoms with E-state index in [4.69, 9.17) is 23.2 Å². The number of piperidine rings is 1. The van der Waals surface area contributed by atoms with Crippen LogP contribution in [0.5, 0.6) is 0 Å². The van der Waals surface area contributed by atoms with Crippen LogP contribution in [0.25, 0.3) is 0 Å². The van der Waals surface area contributed by atoms with E-state index in [0.717, 1.165) is 50.1 Å². The van der Waals surface area contributed by atoms with Gasteiger partial charge in [0, 0.05) is 55.7 Å². The number of aromatic nitrogens is 2. The summed E-state index contributed by atoms with van der Waals surface area (Å²) in [4.78, 5) is 28.5. The van der Waals surface area contributed by atoms with Crippen LogP contribution in [0.1, 0.15) is 35.7 Å². The van der Waals surface area contributed by atoms with Gasteiger partial charge >= 0.3 is 0 Å². The fraction of sp³-hybridized carbons (Fsp3) is 0.393. The van der Waals surface area contributed by atoms with Gasteiger partial charge in [-0.2, -0.15) is 0 Å². The van der Waals surface area contributed by atoms with Crippen molar-refractivity contribution in [3.05, 3.63) is 82.2 Å². The van der Waals surface area contributed by atoms with Crippen molar-refractivity contribution in [1.82, 2.24) is 19.8 Å². The Morgan fingerprint density at radius 1 is 1.05 bits per heavy atom. The lowest BCUT2D eigenvalue weighted by atomic mass is 9.99. The van der Waals surface area contributed by atoms with Gasteiger partial charge in [-0.25, -0.2) is 4.98 Å². The predicted molar refractivity (Wildman–Crippen MR) is 150 cm³/mol. The molecular weight excluding hydrogens is 507 g/mol. The second kappa shape index (κ2) is 11.8. The number of amides is 1. The quantitative estimate of drug-likeness (QED) is 0.464. The van der Waals surface area contributed by atoms with E-state index < -0.39 is 0 Å². The lowest BCUT2D eigenvalue weighted by molar-refractivity contribution is 0.0690. The first-order valence-corrected chi connectivity index (χ1v) is 13.6. The van der Waals surface area contributed by atoms with Crippen LogP contribution in [-0.4, -0.2) is 70.5 Å². The Bertz CT molecular complexity index is 1200. The molecule has 2 aliphatic rings. The average Bonchev–Trinajstić information content (AvgIpc) is 2.91. The molecule has 7 nitrogen and oxygen atoms in total. The molecule has 2 aromatic heterocycles. The summed E-state index contributed by atoms with van der Waals surface area (Å²) in [6.45, 7) is 8.24. The first-order valence-electron chi connectivity index (χ1n) is 12.8. The Balaban J connectivity index is 1.13. The number of nitrogens with zero attached hydrogens (tertiary/aromatic N) is 5. The minimum atomic E-state index is -0.236. The Labute approximate surface area is 228 Å². The molecule has 1 atom stereocenters. The molecule has 2 saturated heterocycles. The number of halogens is 2. The smallest absolute Gasteiger partial charge is 0.257 e. The van der Waals surface area contributed by atoms with Gasteiger partial charge in [-0.1, -0.05) is 35.3 Å². The molecule has 1 N–H and O–H groups in total. The minimum absolute atomic E-state index is 0.236. The molecule has 3 aromatic rings. The molecule has 1 aromatic carbocycles. The molecule has 0 unspecified atom stereocenters. The Morgan fingerprint density at radius 2 is 1.84 bits per heavy atom. The van der Waals surface area contributed by atoms with Crippen LogP contribution < -0.4 is 10.2 Å². The standard InChI is InChI=1S/C28H32Cl2N6O/c1-20-18-35(27-26(30)15-24(17-32-27)33-28(37)22-3-2-10-31-16-22)13-14-36(20)25-8-11-34(12-9-25)19-21-4-6-23(29)7-5-21/h2-7,10,15-17,20,25H,8-9,11-14,18-19H2,1H3,(H,33,37)/t20-/m0/s1. The Morgan fingerprint density at radius 3 is 2.51 bits per heavy atom. The summed E-state index contributed by atoms with van der Waals surface area (Å²) in [5, 5.41) is 4.18. The number of hydrogen-bond acceptors (Lipinski definition) is 6. The fourth-order valence-electron chi connectivity index (χ4n) is 5.40. The highest BCUT2D eigenvalue weighted by atomic mass is 35.5. The highest BCUT2D eigenvalue weighted by Crippen LogP contribution is 2.30. The molecule has 37 heavy (non-hydrogen) atoms. The van der Waals surface area contributed by atoms with Crippen molar-refractivity contribution in [3.63, 3.8) is 0 Å². The van der Waals surface area contributed by atoms with E-state index in [2.05, 4.69) is 49.0 Å². The van der Waals surface area contributed by atoms with Gasteiger partial charge < -0.3 is 10.2 Å². The number of pyridine rings is 2. The van der Waals surface area contributed by atoms with Crippen molar-refractivity contribution in [2.75, 3.05) is 42.9 Å². The average molecular weight is 540 g/mol. The van der Waals surface area contributed by atoms with E-state index in [1.165, 1.54) is 24.6 Å². The SMILES string of the molecule is C[C@H]1CN(c2ncc(NC(=O)c3cccnc3)cc2Cl)CCN1C1CCN(Cc2ccc(Cl)cc2)CC1. The van der Waals surface area contributed by atoms with Gasteiger partial charge in [-0.05, 0) is 68.8 Å². The van der Waals surface area contributed by atoms with Crippen molar-refractivity contribution in [1.29, 1.82) is 0 Å². The molecule has 4 heterocycles. The number of benzene rings is 1. The van der Waals surface area contributed by atoms with E-state index in [9.17, 15) is 4.79 Å². The van der Waals surface area contributed by atoms with Crippen LogP contribution in [0.2, 0.25) is 10.0 Å². The van der Waals surface area contributed by atoms with Gasteiger partial charge in [0.1, 0.15) is 5.82 Å². The largest absolute Gasteiger partial charge is 0.353 e. The summed E-state index contributed by atoms with van der Waals surface area (Å²) in [6, 6.07) is 14.4. The van der Waals surface area contributed by atoms with Crippen molar-refractivity contribution in [3.8, 4) is 0 Å². The van der Waals surface area contributed by atoms with E-state index in [1.54, 1.807) is 30.6 Å². The predicted octanol–water partition coefficient (Wildman–Crippen LogP) is 5.21. The van der Waals surface area contributed by atoms with Crippen molar-refractivity contribution >= 4 is 40.6 Å². The van der Waals surface area contributed by atoms with Crippen LogP contribution >= 0.6 is 23.2 Å². The summed E-state index contributed by atoms with van der Waals surface area (Å²) in [7, 11) is 0. The molecule has 0 spiro atoms. The third kappa shape index (κ3) is 6.41. The lowest BCUT2D eigenvalue weighted by Gasteiger charge is -2.47. The highest BCUT2D eigenvalue weighted by molar-refractivity contribution is 6.33. The molecular formula is C28H32Cl2N6O. The van der Waals surface area contributed by atoms with Crippen molar-refractivity contribution in [2.45, 2.75) is 38.4 Å². The minimum Gasteiger partial charge on any atom is -0.353 e. The summed E-state index contributed by atoms with van der Waals surface area (Å²) in [5.41, 5.74) is 2.37. The number of nitrogens with one attached hydrogen (secondary N) is 1. The van der Waals surface area contributed by atoms with Crippen molar-refractivity contribution < 1.29 is 4.79 Å². The van der Waals surface area contributed by atoms with E-state index >= 15 is 0 Å². The van der Waals surface area contributed by atoms with Gasteiger partial charge in [-0.15, -0.1) is 0 Å². The molecule has 0 bridgehead atoms. The number of carbonyl (C=O) groups is 1. The molecule has 5 rings (SSSR count). The van der Waals surface area contributed by atoms with Gasteiger partial charge in [0.05, 0.1) is 22.5 Å². The van der Waals surface area contributed by atoms with Crippen LogP contribution in [0.4, 0.5) is 11.5 Å². The molecule has 0 radical (unpaired) electrons. The topological polar surface area (TPSA) is 64.6 Å². The maximum atomic E-state index is 12.4.